The number of hydrogen-bond donors (Lipinski definition) is 1. The molecule has 0 spiro atoms. The predicted octanol–water partition coefficient (Wildman–Crippen LogP) is 1.67. The molecule has 1 aliphatic heterocycles. The lowest BCUT2D eigenvalue weighted by molar-refractivity contribution is -0.134. The van der Waals surface area contributed by atoms with E-state index in [0.717, 1.165) is 32.7 Å². The first-order valence-electron chi connectivity index (χ1n) is 7.83. The van der Waals surface area contributed by atoms with Gasteiger partial charge in [0.1, 0.15) is 6.04 Å². The van der Waals surface area contributed by atoms with E-state index < -0.39 is 6.04 Å². The molecule has 1 unspecified atom stereocenters. The second-order valence-corrected chi connectivity index (χ2v) is 7.14. The Kier molecular flexibility index (Phi) is 5.97. The van der Waals surface area contributed by atoms with Crippen LogP contribution in [-0.4, -0.2) is 60.4 Å². The molecule has 2 rings (SSSR count). The number of hydrogen-bond acceptors (Lipinski definition) is 4. The molecule has 1 fully saturated rings. The quantitative estimate of drug-likeness (QED) is 0.897. The summed E-state index contributed by atoms with van der Waals surface area (Å²) in [5.41, 5.74) is 0. The van der Waals surface area contributed by atoms with Crippen molar-refractivity contribution >= 4 is 23.2 Å². The first kappa shape index (κ1) is 17.0. The van der Waals surface area contributed by atoms with Crippen molar-refractivity contribution < 1.29 is 9.59 Å². The number of amides is 2. The van der Waals surface area contributed by atoms with Crippen LogP contribution in [0, 0.1) is 5.92 Å². The summed E-state index contributed by atoms with van der Waals surface area (Å²) in [6.45, 7) is 10.6. The molecule has 2 amide bonds. The Morgan fingerprint density at radius 3 is 2.45 bits per heavy atom. The van der Waals surface area contributed by atoms with Gasteiger partial charge in [-0.05, 0) is 24.3 Å². The van der Waals surface area contributed by atoms with Crippen molar-refractivity contribution in [2.75, 3.05) is 32.7 Å². The third-order valence-corrected chi connectivity index (χ3v) is 4.64. The van der Waals surface area contributed by atoms with Crippen LogP contribution in [0.2, 0.25) is 0 Å². The van der Waals surface area contributed by atoms with Crippen molar-refractivity contribution in [3.63, 3.8) is 0 Å². The lowest BCUT2D eigenvalue weighted by Gasteiger charge is -2.36. The van der Waals surface area contributed by atoms with Crippen LogP contribution < -0.4 is 5.32 Å². The summed E-state index contributed by atoms with van der Waals surface area (Å²) in [7, 11) is 0. The minimum Gasteiger partial charge on any atom is -0.340 e. The molecule has 0 bridgehead atoms. The minimum absolute atomic E-state index is 0.00843. The normalized spacial score (nSPS) is 17.5. The number of piperazine rings is 1. The van der Waals surface area contributed by atoms with Crippen LogP contribution in [-0.2, 0) is 4.79 Å². The highest BCUT2D eigenvalue weighted by molar-refractivity contribution is 7.12. The molecule has 1 N–H and O–H groups in total. The Morgan fingerprint density at radius 2 is 1.91 bits per heavy atom. The summed E-state index contributed by atoms with van der Waals surface area (Å²) >= 11 is 1.38. The van der Waals surface area contributed by atoms with Gasteiger partial charge in [-0.2, -0.15) is 0 Å². The molecule has 1 aromatic heterocycles. The molecule has 1 atom stereocenters. The monoisotopic (exact) mass is 323 g/mol. The van der Waals surface area contributed by atoms with E-state index >= 15 is 0 Å². The van der Waals surface area contributed by atoms with Gasteiger partial charge < -0.3 is 10.2 Å². The van der Waals surface area contributed by atoms with Crippen LogP contribution in [0.4, 0.5) is 0 Å². The van der Waals surface area contributed by atoms with E-state index in [1.165, 1.54) is 11.3 Å². The molecule has 122 valence electrons. The predicted molar refractivity (Wildman–Crippen MR) is 89.1 cm³/mol. The smallest absolute Gasteiger partial charge is 0.261 e. The van der Waals surface area contributed by atoms with Crippen LogP contribution in [0.5, 0.6) is 0 Å². The van der Waals surface area contributed by atoms with E-state index in [-0.39, 0.29) is 11.8 Å². The first-order chi connectivity index (χ1) is 10.5. The zero-order chi connectivity index (χ0) is 16.1. The van der Waals surface area contributed by atoms with Crippen molar-refractivity contribution in [3.8, 4) is 0 Å². The third-order valence-electron chi connectivity index (χ3n) is 3.77. The molecule has 1 saturated heterocycles. The maximum absolute atomic E-state index is 12.4. The van der Waals surface area contributed by atoms with Crippen molar-refractivity contribution in [2.45, 2.75) is 26.8 Å². The van der Waals surface area contributed by atoms with Gasteiger partial charge in [-0.25, -0.2) is 0 Å². The van der Waals surface area contributed by atoms with Gasteiger partial charge >= 0.3 is 0 Å². The Hall–Kier alpha value is -1.40. The number of nitrogens with one attached hydrogen (secondary N) is 1. The number of thiophene rings is 1. The first-order valence-corrected chi connectivity index (χ1v) is 8.71. The van der Waals surface area contributed by atoms with E-state index in [0.29, 0.717) is 10.8 Å². The standard InChI is InChI=1S/C16H25N3O2S/c1-12(2)11-18-6-8-19(9-7-18)16(21)13(3)17-15(20)14-5-4-10-22-14/h4-5,10,12-13H,6-9,11H2,1-3H3,(H,17,20). The summed E-state index contributed by atoms with van der Waals surface area (Å²) in [4.78, 5) is 29.3. The fraction of sp³-hybridized carbons (Fsp3) is 0.625. The third kappa shape index (κ3) is 4.55. The number of nitrogens with zero attached hydrogens (tertiary/aromatic N) is 2. The molecule has 0 radical (unpaired) electrons. The second kappa shape index (κ2) is 7.74. The van der Waals surface area contributed by atoms with E-state index in [4.69, 9.17) is 0 Å². The Morgan fingerprint density at radius 1 is 1.23 bits per heavy atom. The number of carbonyl (C=O) groups excluding carboxylic acids is 2. The Bertz CT molecular complexity index is 493. The van der Waals surface area contributed by atoms with Gasteiger partial charge in [0.25, 0.3) is 5.91 Å². The number of carbonyl (C=O) groups is 2. The average Bonchev–Trinajstić information content (AvgIpc) is 3.01. The highest BCUT2D eigenvalue weighted by atomic mass is 32.1. The van der Waals surface area contributed by atoms with Crippen LogP contribution in [0.3, 0.4) is 0 Å². The van der Waals surface area contributed by atoms with Crippen molar-refractivity contribution in [1.82, 2.24) is 15.1 Å². The lowest BCUT2D eigenvalue weighted by atomic mass is 10.2. The highest BCUT2D eigenvalue weighted by Gasteiger charge is 2.26. The van der Waals surface area contributed by atoms with Gasteiger partial charge in [0, 0.05) is 32.7 Å². The summed E-state index contributed by atoms with van der Waals surface area (Å²) in [6, 6.07) is 3.12. The molecule has 6 heteroatoms. The van der Waals surface area contributed by atoms with Crippen molar-refractivity contribution in [1.29, 1.82) is 0 Å². The molecule has 2 heterocycles. The summed E-state index contributed by atoms with van der Waals surface area (Å²) < 4.78 is 0. The average molecular weight is 323 g/mol. The molecular weight excluding hydrogens is 298 g/mol. The van der Waals surface area contributed by atoms with E-state index in [1.807, 2.05) is 16.3 Å². The fourth-order valence-electron chi connectivity index (χ4n) is 2.68. The molecule has 1 aliphatic rings. The molecule has 22 heavy (non-hydrogen) atoms. The van der Waals surface area contributed by atoms with Gasteiger partial charge in [0.2, 0.25) is 5.91 Å². The topological polar surface area (TPSA) is 52.6 Å². The number of rotatable bonds is 5. The van der Waals surface area contributed by atoms with E-state index in [1.54, 1.807) is 13.0 Å². The maximum atomic E-state index is 12.4. The summed E-state index contributed by atoms with van der Waals surface area (Å²) in [5, 5.41) is 4.65. The van der Waals surface area contributed by atoms with Gasteiger partial charge in [-0.3, -0.25) is 14.5 Å². The van der Waals surface area contributed by atoms with Crippen LogP contribution in [0.1, 0.15) is 30.4 Å². The molecule has 0 aromatic carbocycles. The van der Waals surface area contributed by atoms with Crippen LogP contribution >= 0.6 is 11.3 Å². The molecule has 1 aromatic rings. The summed E-state index contributed by atoms with van der Waals surface area (Å²) in [5.74, 6) is 0.481. The zero-order valence-electron chi connectivity index (χ0n) is 13.5. The van der Waals surface area contributed by atoms with Crippen LogP contribution in [0.15, 0.2) is 17.5 Å². The maximum Gasteiger partial charge on any atom is 0.261 e. The molecule has 0 aliphatic carbocycles. The van der Waals surface area contributed by atoms with E-state index in [2.05, 4.69) is 24.1 Å². The second-order valence-electron chi connectivity index (χ2n) is 6.19. The molecule has 0 saturated carbocycles. The zero-order valence-corrected chi connectivity index (χ0v) is 14.4. The highest BCUT2D eigenvalue weighted by Crippen LogP contribution is 2.10. The van der Waals surface area contributed by atoms with Gasteiger partial charge in [-0.15, -0.1) is 11.3 Å². The van der Waals surface area contributed by atoms with Gasteiger partial charge in [-0.1, -0.05) is 19.9 Å². The lowest BCUT2D eigenvalue weighted by Crippen LogP contribution is -2.54. The van der Waals surface area contributed by atoms with Crippen LogP contribution in [0.25, 0.3) is 0 Å². The van der Waals surface area contributed by atoms with Crippen molar-refractivity contribution in [2.24, 2.45) is 5.92 Å². The van der Waals surface area contributed by atoms with E-state index in [9.17, 15) is 9.59 Å². The molecular formula is C16H25N3O2S. The van der Waals surface area contributed by atoms with Gasteiger partial charge in [0.15, 0.2) is 0 Å². The Labute approximate surface area is 136 Å². The van der Waals surface area contributed by atoms with Gasteiger partial charge in [0.05, 0.1) is 4.88 Å². The fourth-order valence-corrected chi connectivity index (χ4v) is 3.31. The molecule has 5 nitrogen and oxygen atoms in total. The minimum atomic E-state index is -0.480. The Balaban J connectivity index is 1.80. The SMILES string of the molecule is CC(C)CN1CCN(C(=O)C(C)NC(=O)c2cccs2)CC1. The largest absolute Gasteiger partial charge is 0.340 e. The van der Waals surface area contributed by atoms with Crippen molar-refractivity contribution in [3.05, 3.63) is 22.4 Å². The summed E-state index contributed by atoms with van der Waals surface area (Å²) in [6.07, 6.45) is 0.